The smallest absolute Gasteiger partial charge is 0.284 e. The molecule has 1 aromatic heterocycles. The van der Waals surface area contributed by atoms with Crippen LogP contribution >= 0.6 is 0 Å². The predicted molar refractivity (Wildman–Crippen MR) is 84.8 cm³/mol. The number of nitrogens with zero attached hydrogens (tertiary/aromatic N) is 3. The zero-order valence-corrected chi connectivity index (χ0v) is 12.5. The van der Waals surface area contributed by atoms with Crippen LogP contribution in [0.5, 0.6) is 0 Å². The number of nitro groups is 1. The van der Waals surface area contributed by atoms with E-state index in [1.54, 1.807) is 19.9 Å². The van der Waals surface area contributed by atoms with E-state index in [1.807, 2.05) is 0 Å². The number of non-ortho nitro benzene ring substituents is 1. The molecule has 1 amide bonds. The van der Waals surface area contributed by atoms with Gasteiger partial charge in [-0.25, -0.2) is 4.68 Å². The minimum Gasteiger partial charge on any atom is -0.365 e. The average Bonchev–Trinajstić information content (AvgIpc) is 2.46. The Balaban J connectivity index is 2.43. The van der Waals surface area contributed by atoms with Crippen LogP contribution in [0.2, 0.25) is 0 Å². The van der Waals surface area contributed by atoms with E-state index in [4.69, 9.17) is 5.73 Å². The van der Waals surface area contributed by atoms with Crippen molar-refractivity contribution in [1.82, 2.24) is 4.68 Å². The van der Waals surface area contributed by atoms with Gasteiger partial charge in [-0.1, -0.05) is 0 Å². The van der Waals surface area contributed by atoms with Crippen LogP contribution in [0, 0.1) is 24.0 Å². The van der Waals surface area contributed by atoms with Gasteiger partial charge < -0.3 is 5.73 Å². The van der Waals surface area contributed by atoms with Crippen molar-refractivity contribution in [2.45, 2.75) is 13.8 Å². The lowest BCUT2D eigenvalue weighted by Gasteiger charge is -2.08. The van der Waals surface area contributed by atoms with Gasteiger partial charge in [-0.2, -0.15) is 5.10 Å². The quantitative estimate of drug-likeness (QED) is 0.520. The molecule has 0 aliphatic heterocycles. The molecule has 8 heteroatoms. The first-order valence-corrected chi connectivity index (χ1v) is 6.63. The summed E-state index contributed by atoms with van der Waals surface area (Å²) in [5.41, 5.74) is 6.06. The molecule has 0 bridgehead atoms. The maximum atomic E-state index is 12.3. The molecule has 0 saturated carbocycles. The van der Waals surface area contributed by atoms with Crippen LogP contribution in [0.25, 0.3) is 0 Å². The molecular weight excluding hydrogens is 300 g/mol. The molecular formula is C15H14N4O4. The fourth-order valence-corrected chi connectivity index (χ4v) is 2.13. The van der Waals surface area contributed by atoms with Crippen LogP contribution in [-0.4, -0.2) is 21.7 Å². The van der Waals surface area contributed by atoms with Crippen molar-refractivity contribution in [3.63, 3.8) is 0 Å². The number of rotatable bonds is 4. The molecule has 0 fully saturated rings. The fraction of sp³-hybridized carbons (Fsp3) is 0.133. The molecule has 0 radical (unpaired) electrons. The second kappa shape index (κ2) is 6.22. The first-order valence-electron chi connectivity index (χ1n) is 6.63. The van der Waals surface area contributed by atoms with Crippen molar-refractivity contribution in [3.05, 3.63) is 73.2 Å². The Labute approximate surface area is 131 Å². The molecule has 1 aromatic carbocycles. The molecule has 0 atom stereocenters. The fourth-order valence-electron chi connectivity index (χ4n) is 2.13. The van der Waals surface area contributed by atoms with E-state index in [9.17, 15) is 19.7 Å². The molecule has 2 aromatic rings. The number of benzene rings is 1. The van der Waals surface area contributed by atoms with E-state index < -0.39 is 16.4 Å². The van der Waals surface area contributed by atoms with Gasteiger partial charge in [0.1, 0.15) is 5.56 Å². The van der Waals surface area contributed by atoms with Crippen LogP contribution in [-0.2, 0) is 0 Å². The van der Waals surface area contributed by atoms with Crippen molar-refractivity contribution < 1.29 is 9.72 Å². The standard InChI is InChI=1S/C15H14N4O4/c1-9-7-10(2)18(15(21)13(9)14(16)20)17-8-11-3-5-12(6-4-11)19(22)23/h3-8H,1-2H3,(H2,16,20)/b17-8-. The molecule has 2 N–H and O–H groups in total. The van der Waals surface area contributed by atoms with E-state index in [0.717, 1.165) is 4.68 Å². The number of primary amides is 1. The highest BCUT2D eigenvalue weighted by Crippen LogP contribution is 2.11. The Hall–Kier alpha value is -3.29. The zero-order valence-electron chi connectivity index (χ0n) is 12.5. The van der Waals surface area contributed by atoms with Gasteiger partial charge in [0.15, 0.2) is 0 Å². The number of carbonyl (C=O) groups is 1. The number of carbonyl (C=O) groups excluding carboxylic acids is 1. The summed E-state index contributed by atoms with van der Waals surface area (Å²) in [4.78, 5) is 33.7. The number of aryl methyl sites for hydroxylation is 2. The highest BCUT2D eigenvalue weighted by Gasteiger charge is 2.14. The van der Waals surface area contributed by atoms with Gasteiger partial charge >= 0.3 is 0 Å². The Bertz CT molecular complexity index is 866. The topological polar surface area (TPSA) is 121 Å². The van der Waals surface area contributed by atoms with Crippen molar-refractivity contribution in [2.75, 3.05) is 0 Å². The number of nitrogens with two attached hydrogens (primary N) is 1. The molecule has 0 aliphatic rings. The summed E-state index contributed by atoms with van der Waals surface area (Å²) >= 11 is 0. The van der Waals surface area contributed by atoms with E-state index in [0.29, 0.717) is 16.8 Å². The molecule has 0 aliphatic carbocycles. The first kappa shape index (κ1) is 16.1. The van der Waals surface area contributed by atoms with Gasteiger partial charge in [-0.15, -0.1) is 0 Å². The van der Waals surface area contributed by atoms with E-state index in [-0.39, 0.29) is 11.3 Å². The SMILES string of the molecule is Cc1cc(C)n(/N=C\c2ccc([N+](=O)[O-])cc2)c(=O)c1C(N)=O. The second-order valence-corrected chi connectivity index (χ2v) is 4.92. The second-order valence-electron chi connectivity index (χ2n) is 4.92. The summed E-state index contributed by atoms with van der Waals surface area (Å²) < 4.78 is 1.06. The third kappa shape index (κ3) is 3.31. The Morgan fingerprint density at radius 3 is 2.43 bits per heavy atom. The summed E-state index contributed by atoms with van der Waals surface area (Å²) in [7, 11) is 0. The van der Waals surface area contributed by atoms with Gasteiger partial charge in [0.25, 0.3) is 17.2 Å². The van der Waals surface area contributed by atoms with E-state index >= 15 is 0 Å². The number of nitro benzene ring substituents is 1. The normalized spacial score (nSPS) is 10.9. The molecule has 118 valence electrons. The number of hydrogen-bond acceptors (Lipinski definition) is 5. The van der Waals surface area contributed by atoms with Crippen LogP contribution < -0.4 is 11.3 Å². The predicted octanol–water partition coefficient (Wildman–Crippen LogP) is 1.35. The molecule has 0 unspecified atom stereocenters. The van der Waals surface area contributed by atoms with Crippen molar-refractivity contribution in [2.24, 2.45) is 10.8 Å². The number of amides is 1. The summed E-state index contributed by atoms with van der Waals surface area (Å²) in [6.45, 7) is 3.30. The maximum absolute atomic E-state index is 12.3. The lowest BCUT2D eigenvalue weighted by atomic mass is 10.1. The molecule has 23 heavy (non-hydrogen) atoms. The lowest BCUT2D eigenvalue weighted by molar-refractivity contribution is -0.384. The molecule has 8 nitrogen and oxygen atoms in total. The number of pyridine rings is 1. The minimum atomic E-state index is -0.813. The monoisotopic (exact) mass is 314 g/mol. The van der Waals surface area contributed by atoms with Crippen LogP contribution in [0.1, 0.15) is 27.2 Å². The van der Waals surface area contributed by atoms with Gasteiger partial charge in [-0.05, 0) is 43.2 Å². The third-order valence-electron chi connectivity index (χ3n) is 3.23. The summed E-state index contributed by atoms with van der Waals surface area (Å²) in [5.74, 6) is -0.813. The molecule has 2 rings (SSSR count). The highest BCUT2D eigenvalue weighted by atomic mass is 16.6. The van der Waals surface area contributed by atoms with Crippen molar-refractivity contribution >= 4 is 17.8 Å². The van der Waals surface area contributed by atoms with Gasteiger partial charge in [0, 0.05) is 17.8 Å². The molecule has 0 spiro atoms. The maximum Gasteiger partial charge on any atom is 0.284 e. The van der Waals surface area contributed by atoms with Crippen molar-refractivity contribution in [1.29, 1.82) is 0 Å². The largest absolute Gasteiger partial charge is 0.365 e. The van der Waals surface area contributed by atoms with E-state index in [1.165, 1.54) is 30.5 Å². The number of hydrogen-bond donors (Lipinski definition) is 1. The minimum absolute atomic E-state index is 0.0400. The summed E-state index contributed by atoms with van der Waals surface area (Å²) in [6, 6.07) is 7.31. The first-order chi connectivity index (χ1) is 10.8. The molecule has 0 saturated heterocycles. The van der Waals surface area contributed by atoms with Gasteiger partial charge in [0.2, 0.25) is 0 Å². The van der Waals surface area contributed by atoms with Crippen LogP contribution in [0.15, 0.2) is 40.2 Å². The Morgan fingerprint density at radius 1 is 1.30 bits per heavy atom. The Kier molecular flexibility index (Phi) is 4.35. The average molecular weight is 314 g/mol. The summed E-state index contributed by atoms with van der Waals surface area (Å²) in [6.07, 6.45) is 1.37. The highest BCUT2D eigenvalue weighted by molar-refractivity contribution is 5.93. The zero-order chi connectivity index (χ0) is 17.1. The van der Waals surface area contributed by atoms with Crippen LogP contribution in [0.4, 0.5) is 5.69 Å². The lowest BCUT2D eigenvalue weighted by Crippen LogP contribution is -2.30. The third-order valence-corrected chi connectivity index (χ3v) is 3.23. The molecule has 1 heterocycles. The summed E-state index contributed by atoms with van der Waals surface area (Å²) in [5, 5.41) is 14.6. The van der Waals surface area contributed by atoms with E-state index in [2.05, 4.69) is 5.10 Å². The van der Waals surface area contributed by atoms with Crippen molar-refractivity contribution in [3.8, 4) is 0 Å². The number of aromatic nitrogens is 1. The van der Waals surface area contributed by atoms with Gasteiger partial charge in [-0.3, -0.25) is 19.7 Å². The Morgan fingerprint density at radius 2 is 1.91 bits per heavy atom. The van der Waals surface area contributed by atoms with Crippen LogP contribution in [0.3, 0.4) is 0 Å². The van der Waals surface area contributed by atoms with Gasteiger partial charge in [0.05, 0.1) is 11.1 Å².